The summed E-state index contributed by atoms with van der Waals surface area (Å²) >= 11 is 0. The van der Waals surface area contributed by atoms with E-state index in [0.29, 0.717) is 6.61 Å². The van der Waals surface area contributed by atoms with Gasteiger partial charge in [-0.05, 0) is 25.7 Å². The third-order valence-electron chi connectivity index (χ3n) is 5.09. The molecule has 4 heteroatoms. The van der Waals surface area contributed by atoms with Crippen molar-refractivity contribution in [3.05, 3.63) is 0 Å². The first-order valence-electron chi connectivity index (χ1n) is 11.8. The van der Waals surface area contributed by atoms with Crippen molar-refractivity contribution in [1.29, 1.82) is 0 Å². The maximum atomic E-state index is 11.5. The molecule has 4 nitrogen and oxygen atoms in total. The predicted molar refractivity (Wildman–Crippen MR) is 115 cm³/mol. The van der Waals surface area contributed by atoms with Gasteiger partial charge in [-0.25, -0.2) is 4.79 Å². The van der Waals surface area contributed by atoms with Crippen LogP contribution in [0.3, 0.4) is 0 Å². The van der Waals surface area contributed by atoms with Crippen molar-refractivity contribution in [1.82, 2.24) is 5.32 Å². The van der Waals surface area contributed by atoms with Crippen LogP contribution in [0.25, 0.3) is 0 Å². The van der Waals surface area contributed by atoms with Crippen LogP contribution in [0.15, 0.2) is 0 Å². The van der Waals surface area contributed by atoms with Gasteiger partial charge >= 0.3 is 6.09 Å². The van der Waals surface area contributed by atoms with E-state index in [9.17, 15) is 4.79 Å². The van der Waals surface area contributed by atoms with Crippen molar-refractivity contribution in [2.45, 2.75) is 122 Å². The second-order valence-electron chi connectivity index (χ2n) is 7.80. The van der Waals surface area contributed by atoms with E-state index in [-0.39, 0.29) is 12.7 Å². The highest BCUT2D eigenvalue weighted by Crippen LogP contribution is 2.12. The fraction of sp³-hybridized carbons (Fsp3) is 0.957. The van der Waals surface area contributed by atoms with Gasteiger partial charge in [0.25, 0.3) is 0 Å². The Balaban J connectivity index is 3.10. The van der Waals surface area contributed by atoms with Gasteiger partial charge in [0.05, 0.1) is 6.61 Å². The molecule has 0 aromatic rings. The number of aliphatic hydroxyl groups excluding tert-OH is 1. The number of hydrogen-bond acceptors (Lipinski definition) is 3. The molecule has 0 atom stereocenters. The van der Waals surface area contributed by atoms with Crippen molar-refractivity contribution < 1.29 is 14.6 Å². The minimum atomic E-state index is -0.285. The van der Waals surface area contributed by atoms with Crippen LogP contribution in [0, 0.1) is 0 Å². The van der Waals surface area contributed by atoms with Gasteiger partial charge in [-0.2, -0.15) is 0 Å². The molecule has 0 bridgehead atoms. The van der Waals surface area contributed by atoms with Gasteiger partial charge in [0.15, 0.2) is 0 Å². The summed E-state index contributed by atoms with van der Waals surface area (Å²) in [7, 11) is 0. The molecule has 0 unspecified atom stereocenters. The Morgan fingerprint density at radius 2 is 1.11 bits per heavy atom. The lowest BCUT2D eigenvalue weighted by molar-refractivity contribution is 0.143. The lowest BCUT2D eigenvalue weighted by atomic mass is 10.0. The molecular formula is C23H47NO3. The molecule has 0 fully saturated rings. The Bertz CT molecular complexity index is 297. The van der Waals surface area contributed by atoms with Gasteiger partial charge in [0, 0.05) is 13.2 Å². The van der Waals surface area contributed by atoms with Gasteiger partial charge in [0.1, 0.15) is 0 Å². The molecule has 0 aliphatic rings. The number of nitrogens with one attached hydrogen (secondary N) is 1. The Kier molecular flexibility index (Phi) is 22.6. The topological polar surface area (TPSA) is 58.6 Å². The first-order valence-corrected chi connectivity index (χ1v) is 11.8. The van der Waals surface area contributed by atoms with Crippen LogP contribution in [0.4, 0.5) is 4.79 Å². The largest absolute Gasteiger partial charge is 0.450 e. The van der Waals surface area contributed by atoms with Crippen LogP contribution in [0.1, 0.15) is 122 Å². The number of rotatable bonds is 21. The lowest BCUT2D eigenvalue weighted by Gasteiger charge is -2.07. The fourth-order valence-corrected chi connectivity index (χ4v) is 3.29. The molecule has 0 radical (unpaired) electrons. The molecule has 162 valence electrons. The minimum Gasteiger partial charge on any atom is -0.450 e. The van der Waals surface area contributed by atoms with Gasteiger partial charge in [-0.15, -0.1) is 0 Å². The number of aliphatic hydroxyl groups is 1. The molecule has 0 heterocycles. The van der Waals surface area contributed by atoms with Crippen LogP contribution in [-0.2, 0) is 4.74 Å². The van der Waals surface area contributed by atoms with Crippen LogP contribution < -0.4 is 5.32 Å². The van der Waals surface area contributed by atoms with E-state index in [1.807, 2.05) is 0 Å². The summed E-state index contributed by atoms with van der Waals surface area (Å²) in [5, 5.41) is 11.5. The Hall–Kier alpha value is -0.770. The average Bonchev–Trinajstić information content (AvgIpc) is 2.67. The van der Waals surface area contributed by atoms with Gasteiger partial charge in [-0.3, -0.25) is 0 Å². The molecule has 0 saturated heterocycles. The number of unbranched alkanes of at least 4 members (excludes halogenated alkanes) is 16. The third-order valence-corrected chi connectivity index (χ3v) is 5.09. The standard InChI is InChI=1S/C23H47NO3/c1-2-3-4-5-6-7-8-9-10-11-12-13-14-17-20-24-23(26)27-22-19-16-15-18-21-25/h25H,2-22H2,1H3,(H,24,26). The summed E-state index contributed by atoms with van der Waals surface area (Å²) in [5.41, 5.74) is 0. The summed E-state index contributed by atoms with van der Waals surface area (Å²) < 4.78 is 5.13. The van der Waals surface area contributed by atoms with Crippen molar-refractivity contribution in [2.75, 3.05) is 19.8 Å². The quantitative estimate of drug-likeness (QED) is 0.215. The van der Waals surface area contributed by atoms with Crippen LogP contribution >= 0.6 is 0 Å². The van der Waals surface area contributed by atoms with Crippen LogP contribution in [0.2, 0.25) is 0 Å². The van der Waals surface area contributed by atoms with E-state index in [1.165, 1.54) is 83.5 Å². The zero-order valence-electron chi connectivity index (χ0n) is 18.1. The maximum absolute atomic E-state index is 11.5. The fourth-order valence-electron chi connectivity index (χ4n) is 3.29. The van der Waals surface area contributed by atoms with E-state index in [0.717, 1.165) is 38.6 Å². The molecule has 1 amide bonds. The minimum absolute atomic E-state index is 0.251. The number of carbonyl (C=O) groups is 1. The van der Waals surface area contributed by atoms with Crippen LogP contribution in [0.5, 0.6) is 0 Å². The van der Waals surface area contributed by atoms with Crippen molar-refractivity contribution in [2.24, 2.45) is 0 Å². The number of carbonyl (C=O) groups excluding carboxylic acids is 1. The second kappa shape index (κ2) is 23.3. The molecule has 0 aromatic heterocycles. The summed E-state index contributed by atoms with van der Waals surface area (Å²) in [6.45, 7) is 3.73. The van der Waals surface area contributed by atoms with Crippen LogP contribution in [-0.4, -0.2) is 31.0 Å². The highest BCUT2D eigenvalue weighted by Gasteiger charge is 2.00. The first-order chi connectivity index (χ1) is 13.3. The normalized spacial score (nSPS) is 10.9. The van der Waals surface area contributed by atoms with E-state index in [2.05, 4.69) is 12.2 Å². The Morgan fingerprint density at radius 3 is 1.63 bits per heavy atom. The highest BCUT2D eigenvalue weighted by atomic mass is 16.5. The van der Waals surface area contributed by atoms with Crippen molar-refractivity contribution in [3.8, 4) is 0 Å². The predicted octanol–water partition coefficient (Wildman–Crippen LogP) is 6.75. The van der Waals surface area contributed by atoms with E-state index < -0.39 is 0 Å². The summed E-state index contributed by atoms with van der Waals surface area (Å²) in [6.07, 6.45) is 22.3. The average molecular weight is 386 g/mol. The molecule has 0 aromatic carbocycles. The first kappa shape index (κ1) is 26.2. The Labute approximate surface area is 168 Å². The molecule has 27 heavy (non-hydrogen) atoms. The molecule has 0 rings (SSSR count). The molecule has 0 aliphatic carbocycles. The summed E-state index contributed by atoms with van der Waals surface area (Å²) in [5.74, 6) is 0. The van der Waals surface area contributed by atoms with E-state index in [4.69, 9.17) is 9.84 Å². The summed E-state index contributed by atoms with van der Waals surface area (Å²) in [4.78, 5) is 11.5. The molecule has 0 saturated carbocycles. The highest BCUT2D eigenvalue weighted by molar-refractivity contribution is 5.66. The molecule has 0 aliphatic heterocycles. The molecule has 2 N–H and O–H groups in total. The maximum Gasteiger partial charge on any atom is 0.407 e. The molecule has 0 spiro atoms. The summed E-state index contributed by atoms with van der Waals surface area (Å²) in [6, 6.07) is 0. The van der Waals surface area contributed by atoms with E-state index >= 15 is 0 Å². The van der Waals surface area contributed by atoms with E-state index in [1.54, 1.807) is 0 Å². The number of hydrogen-bond donors (Lipinski definition) is 2. The number of alkyl carbamates (subject to hydrolysis) is 1. The zero-order valence-corrected chi connectivity index (χ0v) is 18.1. The SMILES string of the molecule is CCCCCCCCCCCCCCCCNC(=O)OCCCCCCO. The lowest BCUT2D eigenvalue weighted by Crippen LogP contribution is -2.25. The zero-order chi connectivity index (χ0) is 19.8. The number of amides is 1. The van der Waals surface area contributed by atoms with Gasteiger partial charge in [-0.1, -0.05) is 96.8 Å². The monoisotopic (exact) mass is 385 g/mol. The van der Waals surface area contributed by atoms with Crippen molar-refractivity contribution in [3.63, 3.8) is 0 Å². The Morgan fingerprint density at radius 1 is 0.667 bits per heavy atom. The second-order valence-corrected chi connectivity index (χ2v) is 7.80. The smallest absolute Gasteiger partial charge is 0.407 e. The molecular weight excluding hydrogens is 338 g/mol. The van der Waals surface area contributed by atoms with Gasteiger partial charge < -0.3 is 15.2 Å². The van der Waals surface area contributed by atoms with Crippen molar-refractivity contribution >= 4 is 6.09 Å². The van der Waals surface area contributed by atoms with Gasteiger partial charge in [0.2, 0.25) is 0 Å². The number of ether oxygens (including phenoxy) is 1. The third kappa shape index (κ3) is 23.2.